The Morgan fingerprint density at radius 1 is 1.78 bits per heavy atom. The predicted octanol–water partition coefficient (Wildman–Crippen LogP) is 1.20. The molecule has 2 unspecified atom stereocenters. The van der Waals surface area contributed by atoms with E-state index in [0.29, 0.717) is 6.42 Å². The Morgan fingerprint density at radius 2 is 2.33 bits per heavy atom. The molecule has 0 aliphatic heterocycles. The van der Waals surface area contributed by atoms with Gasteiger partial charge in [-0.3, -0.25) is 5.73 Å². The maximum atomic E-state index is 10.2. The van der Waals surface area contributed by atoms with Crippen LogP contribution in [-0.4, -0.2) is 10.7 Å². The van der Waals surface area contributed by atoms with Gasteiger partial charge in [-0.15, -0.1) is 0 Å². The molecule has 0 spiro atoms. The summed E-state index contributed by atoms with van der Waals surface area (Å²) in [6.07, 6.45) is 2.61. The molecule has 9 heavy (non-hydrogen) atoms. The Bertz CT molecular complexity index is 97.0. The van der Waals surface area contributed by atoms with Gasteiger partial charge in [0.25, 0.3) is 0 Å². The third-order valence-electron chi connectivity index (χ3n) is 1.14. The topological polar surface area (TPSA) is 63.3 Å². The first-order valence-corrected chi connectivity index (χ1v) is 4.37. The first-order valence-electron chi connectivity index (χ1n) is 3.09. The van der Waals surface area contributed by atoms with Gasteiger partial charge < -0.3 is 0 Å². The van der Waals surface area contributed by atoms with Crippen molar-refractivity contribution in [3.63, 3.8) is 0 Å². The standard InChI is InChI=1S/C5H12NO2P/c1-2-3-4-5(6)9(7)8/h5H,2-4,6H2,1H3/p+1. The first-order chi connectivity index (χ1) is 4.18. The van der Waals surface area contributed by atoms with E-state index in [1.807, 2.05) is 6.92 Å². The number of nitrogens with two attached hydrogens (primary N) is 1. The van der Waals surface area contributed by atoms with Gasteiger partial charge in [-0.05, 0) is 11.0 Å². The lowest BCUT2D eigenvalue weighted by atomic mass is 10.2. The molecule has 0 amide bonds. The Morgan fingerprint density at radius 3 is 2.67 bits per heavy atom. The molecule has 0 aliphatic carbocycles. The Balaban J connectivity index is 3.27. The van der Waals surface area contributed by atoms with E-state index < -0.39 is 13.8 Å². The summed E-state index contributed by atoms with van der Waals surface area (Å²) in [4.78, 5) is 8.43. The van der Waals surface area contributed by atoms with Crippen LogP contribution < -0.4 is 5.73 Å². The fraction of sp³-hybridized carbons (Fsp3) is 1.00. The third kappa shape index (κ3) is 4.52. The van der Waals surface area contributed by atoms with Crippen LogP contribution in [-0.2, 0) is 4.57 Å². The van der Waals surface area contributed by atoms with Gasteiger partial charge in [0, 0.05) is 6.42 Å². The highest BCUT2D eigenvalue weighted by atomic mass is 31.1. The van der Waals surface area contributed by atoms with E-state index in [9.17, 15) is 4.57 Å². The lowest BCUT2D eigenvalue weighted by molar-refractivity contribution is 0.482. The van der Waals surface area contributed by atoms with Gasteiger partial charge in [0.1, 0.15) is 0 Å². The van der Waals surface area contributed by atoms with Crippen LogP contribution in [0.15, 0.2) is 0 Å². The minimum absolute atomic E-state index is 0.514. The average Bonchev–Trinajstić information content (AvgIpc) is 1.82. The first kappa shape index (κ1) is 9.02. The zero-order chi connectivity index (χ0) is 7.28. The highest BCUT2D eigenvalue weighted by Gasteiger charge is 2.22. The molecule has 0 radical (unpaired) electrons. The summed E-state index contributed by atoms with van der Waals surface area (Å²) in [6, 6.07) is 0. The Labute approximate surface area is 56.1 Å². The second kappa shape index (κ2) is 4.86. The fourth-order valence-corrected chi connectivity index (χ4v) is 0.927. The monoisotopic (exact) mass is 150 g/mol. The van der Waals surface area contributed by atoms with Crippen LogP contribution in [0.1, 0.15) is 26.2 Å². The molecule has 4 heteroatoms. The Hall–Kier alpha value is 0.0200. The van der Waals surface area contributed by atoms with Crippen molar-refractivity contribution in [1.29, 1.82) is 0 Å². The summed E-state index contributed by atoms with van der Waals surface area (Å²) in [5.74, 6) is -0.514. The quantitative estimate of drug-likeness (QED) is 0.592. The summed E-state index contributed by atoms with van der Waals surface area (Å²) in [6.45, 7) is 2.02. The van der Waals surface area contributed by atoms with Gasteiger partial charge in [0.05, 0.1) is 0 Å². The normalized spacial score (nSPS) is 15.2. The van der Waals surface area contributed by atoms with Gasteiger partial charge in [0.15, 0.2) is 0 Å². The number of hydrogen-bond donors (Lipinski definition) is 2. The summed E-state index contributed by atoms with van der Waals surface area (Å²) < 4.78 is 10.2. The van der Waals surface area contributed by atoms with Crippen LogP contribution >= 0.6 is 8.03 Å². The van der Waals surface area contributed by atoms with E-state index in [1.165, 1.54) is 0 Å². The van der Waals surface area contributed by atoms with Gasteiger partial charge >= 0.3 is 8.03 Å². The summed E-state index contributed by atoms with van der Waals surface area (Å²) in [7, 11) is -2.15. The van der Waals surface area contributed by atoms with Crippen molar-refractivity contribution in [3.05, 3.63) is 0 Å². The zero-order valence-electron chi connectivity index (χ0n) is 5.58. The van der Waals surface area contributed by atoms with Gasteiger partial charge in [-0.2, -0.15) is 4.89 Å². The molecule has 0 aliphatic rings. The molecule has 54 valence electrons. The van der Waals surface area contributed by atoms with E-state index in [4.69, 9.17) is 10.6 Å². The number of rotatable bonds is 4. The minimum Gasteiger partial charge on any atom is -0.285 e. The van der Waals surface area contributed by atoms with Crippen molar-refractivity contribution in [2.24, 2.45) is 5.73 Å². The van der Waals surface area contributed by atoms with Gasteiger partial charge in [0.2, 0.25) is 5.78 Å². The van der Waals surface area contributed by atoms with E-state index in [-0.39, 0.29) is 0 Å². The molecule has 0 aromatic rings. The largest absolute Gasteiger partial charge is 0.524 e. The van der Waals surface area contributed by atoms with Crippen LogP contribution in [0, 0.1) is 0 Å². The summed E-state index contributed by atoms with van der Waals surface area (Å²) in [5, 5.41) is 0. The molecule has 0 bridgehead atoms. The molecular weight excluding hydrogens is 137 g/mol. The van der Waals surface area contributed by atoms with Crippen LogP contribution in [0.25, 0.3) is 0 Å². The third-order valence-corrected chi connectivity index (χ3v) is 1.96. The molecule has 0 fully saturated rings. The smallest absolute Gasteiger partial charge is 0.285 e. The molecule has 3 N–H and O–H groups in total. The fourth-order valence-electron chi connectivity index (χ4n) is 0.524. The maximum Gasteiger partial charge on any atom is 0.524 e. The lowest BCUT2D eigenvalue weighted by Gasteiger charge is -1.93. The van der Waals surface area contributed by atoms with Crippen molar-refractivity contribution < 1.29 is 9.46 Å². The van der Waals surface area contributed by atoms with Crippen molar-refractivity contribution in [3.8, 4) is 0 Å². The second-order valence-electron chi connectivity index (χ2n) is 2.01. The minimum atomic E-state index is -2.15. The van der Waals surface area contributed by atoms with Crippen molar-refractivity contribution in [2.45, 2.75) is 32.0 Å². The molecule has 0 aromatic heterocycles. The highest BCUT2D eigenvalue weighted by Crippen LogP contribution is 2.21. The number of hydrogen-bond acceptors (Lipinski definition) is 2. The van der Waals surface area contributed by atoms with Crippen LogP contribution in [0.3, 0.4) is 0 Å². The Kier molecular flexibility index (Phi) is 4.87. The molecule has 0 aromatic carbocycles. The maximum absolute atomic E-state index is 10.2. The molecule has 0 heterocycles. The van der Waals surface area contributed by atoms with Crippen LogP contribution in [0.2, 0.25) is 0 Å². The summed E-state index contributed by atoms with van der Waals surface area (Å²) >= 11 is 0. The van der Waals surface area contributed by atoms with E-state index in [1.54, 1.807) is 0 Å². The van der Waals surface area contributed by atoms with Crippen molar-refractivity contribution in [2.75, 3.05) is 0 Å². The molecule has 0 saturated carbocycles. The van der Waals surface area contributed by atoms with Crippen LogP contribution in [0.4, 0.5) is 0 Å². The number of unbranched alkanes of at least 4 members (excludes halogenated alkanes) is 1. The molecule has 3 nitrogen and oxygen atoms in total. The SMILES string of the molecule is CCCCC(N)[P+](=O)O. The van der Waals surface area contributed by atoms with Crippen molar-refractivity contribution in [1.82, 2.24) is 0 Å². The molecule has 0 saturated heterocycles. The van der Waals surface area contributed by atoms with Crippen LogP contribution in [0.5, 0.6) is 0 Å². The molecular formula is C5H13NO2P+. The molecule has 2 atom stereocenters. The predicted molar refractivity (Wildman–Crippen MR) is 37.3 cm³/mol. The van der Waals surface area contributed by atoms with E-state index >= 15 is 0 Å². The molecule has 0 rings (SSSR count). The second-order valence-corrected chi connectivity index (χ2v) is 3.28. The highest BCUT2D eigenvalue weighted by molar-refractivity contribution is 7.38. The van der Waals surface area contributed by atoms with Gasteiger partial charge in [-0.25, -0.2) is 0 Å². The zero-order valence-corrected chi connectivity index (χ0v) is 6.47. The summed E-state index contributed by atoms with van der Waals surface area (Å²) in [5.41, 5.74) is 5.27. The van der Waals surface area contributed by atoms with Gasteiger partial charge in [-0.1, -0.05) is 13.3 Å². The van der Waals surface area contributed by atoms with E-state index in [2.05, 4.69) is 0 Å². The van der Waals surface area contributed by atoms with Crippen molar-refractivity contribution >= 4 is 8.03 Å². The van der Waals surface area contributed by atoms with E-state index in [0.717, 1.165) is 12.8 Å². The lowest BCUT2D eigenvalue weighted by Crippen LogP contribution is -2.14. The average molecular weight is 150 g/mol.